The minimum absolute atomic E-state index is 0.0446. The van der Waals surface area contributed by atoms with Crippen molar-refractivity contribution in [1.29, 1.82) is 0 Å². The van der Waals surface area contributed by atoms with Crippen molar-refractivity contribution in [2.75, 3.05) is 6.61 Å². The second kappa shape index (κ2) is 5.36. The van der Waals surface area contributed by atoms with Gasteiger partial charge in [0.25, 0.3) is 0 Å². The van der Waals surface area contributed by atoms with Crippen LogP contribution in [0.15, 0.2) is 0 Å². The van der Waals surface area contributed by atoms with E-state index in [0.29, 0.717) is 4.90 Å². The fourth-order valence-electron chi connectivity index (χ4n) is 1.82. The highest BCUT2D eigenvalue weighted by atomic mass is 19.4. The van der Waals surface area contributed by atoms with Crippen LogP contribution in [0.25, 0.3) is 0 Å². The largest absolute Gasteiger partial charge is 0.447 e. The van der Waals surface area contributed by atoms with Crippen LogP contribution in [-0.4, -0.2) is 46.9 Å². The topological polar surface area (TPSA) is 66.8 Å². The Bertz CT molecular complexity index is 369. The highest BCUT2D eigenvalue weighted by Gasteiger charge is 2.49. The summed E-state index contributed by atoms with van der Waals surface area (Å²) < 4.78 is 41.8. The summed E-state index contributed by atoms with van der Waals surface area (Å²) in [6.45, 7) is 4.33. The summed E-state index contributed by atoms with van der Waals surface area (Å²) in [7, 11) is 0. The summed E-state index contributed by atoms with van der Waals surface area (Å²) >= 11 is 0. The number of hydrogen-bond donors (Lipinski definition) is 1. The van der Waals surface area contributed by atoms with Crippen LogP contribution in [0.1, 0.15) is 20.8 Å². The lowest BCUT2D eigenvalue weighted by molar-refractivity contribution is -0.219. The monoisotopic (exact) mass is 283 g/mol. The van der Waals surface area contributed by atoms with Crippen LogP contribution in [-0.2, 0) is 9.53 Å². The summed E-state index contributed by atoms with van der Waals surface area (Å²) in [5.41, 5.74) is 0. The Balaban J connectivity index is 2.89. The van der Waals surface area contributed by atoms with E-state index < -0.39 is 36.2 Å². The minimum Gasteiger partial charge on any atom is -0.447 e. The van der Waals surface area contributed by atoms with E-state index in [0.717, 1.165) is 6.92 Å². The molecular formula is C11H16F3NO4. The molecule has 0 saturated carbocycles. The Kier molecular flexibility index (Phi) is 4.44. The number of carbonyl (C=O) groups is 2. The third-order valence-electron chi connectivity index (χ3n) is 3.11. The van der Waals surface area contributed by atoms with Crippen LogP contribution in [0.4, 0.5) is 18.0 Å². The molecule has 3 atom stereocenters. The molecule has 110 valence electrons. The maximum absolute atomic E-state index is 12.4. The van der Waals surface area contributed by atoms with Crippen LogP contribution >= 0.6 is 0 Å². The highest BCUT2D eigenvalue weighted by Crippen LogP contribution is 2.29. The number of hydrogen-bond acceptors (Lipinski definition) is 4. The summed E-state index contributed by atoms with van der Waals surface area (Å²) in [6.07, 6.45) is -8.68. The minimum atomic E-state index is -4.91. The predicted octanol–water partition coefficient (Wildman–Crippen LogP) is 1.55. The number of halogens is 3. The molecule has 0 aliphatic carbocycles. The maximum Gasteiger partial charge on any atom is 0.416 e. The fourth-order valence-corrected chi connectivity index (χ4v) is 1.82. The van der Waals surface area contributed by atoms with Gasteiger partial charge in [0.05, 0.1) is 12.0 Å². The van der Waals surface area contributed by atoms with E-state index >= 15 is 0 Å². The first-order valence-electron chi connectivity index (χ1n) is 5.82. The van der Waals surface area contributed by atoms with Gasteiger partial charge in [0, 0.05) is 0 Å². The molecule has 2 amide bonds. The van der Waals surface area contributed by atoms with E-state index in [1.165, 1.54) is 0 Å². The molecule has 0 radical (unpaired) electrons. The van der Waals surface area contributed by atoms with E-state index in [1.807, 2.05) is 0 Å². The van der Waals surface area contributed by atoms with E-state index in [4.69, 9.17) is 5.11 Å². The molecule has 1 rings (SSSR count). The molecule has 19 heavy (non-hydrogen) atoms. The number of aliphatic hydroxyl groups is 1. The number of imide groups is 1. The van der Waals surface area contributed by atoms with E-state index in [2.05, 4.69) is 4.74 Å². The van der Waals surface area contributed by atoms with Gasteiger partial charge in [-0.1, -0.05) is 20.8 Å². The number of amides is 2. The number of alkyl halides is 3. The van der Waals surface area contributed by atoms with Crippen molar-refractivity contribution in [1.82, 2.24) is 4.90 Å². The lowest BCUT2D eigenvalue weighted by Gasteiger charge is -2.27. The number of nitrogens with zero attached hydrogens (tertiary/aromatic N) is 1. The van der Waals surface area contributed by atoms with Gasteiger partial charge in [-0.3, -0.25) is 4.79 Å². The van der Waals surface area contributed by atoms with Crippen LogP contribution in [0.2, 0.25) is 0 Å². The summed E-state index contributed by atoms with van der Waals surface area (Å²) in [6, 6.07) is -0.608. The molecule has 1 fully saturated rings. The van der Waals surface area contributed by atoms with Crippen molar-refractivity contribution < 1.29 is 32.6 Å². The number of cyclic esters (lactones) is 1. The van der Waals surface area contributed by atoms with Crippen molar-refractivity contribution in [3.63, 3.8) is 0 Å². The summed E-state index contributed by atoms with van der Waals surface area (Å²) in [5.74, 6) is -2.98. The number of ether oxygens (including phenoxy) is 1. The highest BCUT2D eigenvalue weighted by molar-refractivity contribution is 5.95. The molecule has 1 aliphatic rings. The zero-order valence-electron chi connectivity index (χ0n) is 10.8. The molecular weight excluding hydrogens is 267 g/mol. The van der Waals surface area contributed by atoms with Crippen molar-refractivity contribution in [2.45, 2.75) is 39.1 Å². The lowest BCUT2D eigenvalue weighted by atomic mass is 9.99. The number of rotatable bonds is 3. The molecule has 0 aromatic carbocycles. The average molecular weight is 283 g/mol. The van der Waals surface area contributed by atoms with Crippen molar-refractivity contribution in [3.05, 3.63) is 0 Å². The quantitative estimate of drug-likeness (QED) is 0.853. The van der Waals surface area contributed by atoms with Gasteiger partial charge in [-0.2, -0.15) is 13.2 Å². The van der Waals surface area contributed by atoms with E-state index in [9.17, 15) is 22.8 Å². The van der Waals surface area contributed by atoms with Crippen LogP contribution in [0, 0.1) is 11.8 Å². The van der Waals surface area contributed by atoms with Gasteiger partial charge >= 0.3 is 12.3 Å². The molecule has 1 saturated heterocycles. The zero-order valence-corrected chi connectivity index (χ0v) is 10.8. The average Bonchev–Trinajstić information content (AvgIpc) is 2.67. The normalized spacial score (nSPS) is 23.5. The third-order valence-corrected chi connectivity index (χ3v) is 3.11. The standard InChI is InChI=1S/C11H16F3NO4/c1-5(2)7-4-19-10(18)15(7)9(17)6(3)8(16)11(12,13)14/h5-8,16H,4H2,1-3H3/t6-,7+,8-/m0/s1. The van der Waals surface area contributed by atoms with Gasteiger partial charge in [-0.15, -0.1) is 0 Å². The van der Waals surface area contributed by atoms with Crippen LogP contribution < -0.4 is 0 Å². The second-order valence-corrected chi connectivity index (χ2v) is 4.87. The van der Waals surface area contributed by atoms with E-state index in [-0.39, 0.29) is 12.5 Å². The fraction of sp³-hybridized carbons (Fsp3) is 0.818. The van der Waals surface area contributed by atoms with Gasteiger partial charge < -0.3 is 9.84 Å². The van der Waals surface area contributed by atoms with Gasteiger partial charge in [-0.05, 0) is 5.92 Å². The molecule has 0 unspecified atom stereocenters. The molecule has 1 heterocycles. The molecule has 1 aliphatic heterocycles. The molecule has 8 heteroatoms. The van der Waals surface area contributed by atoms with Crippen molar-refractivity contribution in [3.8, 4) is 0 Å². The van der Waals surface area contributed by atoms with Gasteiger partial charge in [-0.25, -0.2) is 9.69 Å². The molecule has 0 aromatic rings. The number of carbonyl (C=O) groups excluding carboxylic acids is 2. The van der Waals surface area contributed by atoms with Crippen molar-refractivity contribution in [2.24, 2.45) is 11.8 Å². The van der Waals surface area contributed by atoms with Gasteiger partial charge in [0.2, 0.25) is 5.91 Å². The SMILES string of the molecule is CC(C)[C@H]1COC(=O)N1C(=O)[C@@H](C)[C@H](O)C(F)(F)F. The maximum atomic E-state index is 12.4. The van der Waals surface area contributed by atoms with E-state index in [1.54, 1.807) is 13.8 Å². The molecule has 0 aromatic heterocycles. The second-order valence-electron chi connectivity index (χ2n) is 4.87. The molecule has 1 N–H and O–H groups in total. The van der Waals surface area contributed by atoms with Gasteiger partial charge in [0.15, 0.2) is 6.10 Å². The van der Waals surface area contributed by atoms with Crippen molar-refractivity contribution >= 4 is 12.0 Å². The summed E-state index contributed by atoms with van der Waals surface area (Å²) in [5, 5.41) is 9.07. The first-order valence-corrected chi connectivity index (χ1v) is 5.82. The van der Waals surface area contributed by atoms with Gasteiger partial charge in [0.1, 0.15) is 6.61 Å². The predicted molar refractivity (Wildman–Crippen MR) is 58.0 cm³/mol. The Morgan fingerprint density at radius 3 is 2.37 bits per heavy atom. The first-order chi connectivity index (χ1) is 8.57. The Morgan fingerprint density at radius 1 is 1.42 bits per heavy atom. The first kappa shape index (κ1) is 15.7. The molecule has 0 spiro atoms. The number of aliphatic hydroxyl groups excluding tert-OH is 1. The molecule has 0 bridgehead atoms. The Labute approximate surface area is 108 Å². The van der Waals surface area contributed by atoms with Crippen LogP contribution in [0.5, 0.6) is 0 Å². The lowest BCUT2D eigenvalue weighted by Crippen LogP contribution is -2.49. The third kappa shape index (κ3) is 3.17. The smallest absolute Gasteiger partial charge is 0.416 e. The Hall–Kier alpha value is -1.31. The zero-order chi connectivity index (χ0) is 15.0. The molecule has 5 nitrogen and oxygen atoms in total. The Morgan fingerprint density at radius 2 is 1.95 bits per heavy atom. The van der Waals surface area contributed by atoms with Crippen LogP contribution in [0.3, 0.4) is 0 Å². The summed E-state index contributed by atoms with van der Waals surface area (Å²) in [4.78, 5) is 24.0.